The van der Waals surface area contributed by atoms with Crippen LogP contribution in [0.2, 0.25) is 0 Å². The number of carbonyl (C=O) groups is 1. The number of rotatable bonds is 3. The van der Waals surface area contributed by atoms with Crippen molar-refractivity contribution in [3.63, 3.8) is 0 Å². The first-order valence-electron chi connectivity index (χ1n) is 5.75. The van der Waals surface area contributed by atoms with E-state index >= 15 is 0 Å². The maximum Gasteiger partial charge on any atom is 0.258 e. The van der Waals surface area contributed by atoms with Gasteiger partial charge in [0.1, 0.15) is 4.99 Å². The summed E-state index contributed by atoms with van der Waals surface area (Å²) < 4.78 is 39.3. The number of anilines is 1. The number of nitrogens with two attached hydrogens (primary N) is 1. The predicted molar refractivity (Wildman–Crippen MR) is 76.6 cm³/mol. The van der Waals surface area contributed by atoms with Crippen molar-refractivity contribution in [3.05, 3.63) is 65.0 Å². The van der Waals surface area contributed by atoms with Gasteiger partial charge in [-0.15, -0.1) is 0 Å². The van der Waals surface area contributed by atoms with Crippen LogP contribution in [-0.4, -0.2) is 10.9 Å². The minimum atomic E-state index is -1.69. The van der Waals surface area contributed by atoms with Gasteiger partial charge in [0.2, 0.25) is 0 Å². The van der Waals surface area contributed by atoms with Crippen molar-refractivity contribution in [2.75, 3.05) is 5.32 Å². The van der Waals surface area contributed by atoms with E-state index in [0.717, 1.165) is 6.07 Å². The summed E-state index contributed by atoms with van der Waals surface area (Å²) in [5.74, 6) is -5.47. The lowest BCUT2D eigenvalue weighted by Gasteiger charge is -2.07. The number of amides is 1. The molecule has 108 valence electrons. The molecule has 0 saturated carbocycles. The Morgan fingerprint density at radius 1 is 1.00 bits per heavy atom. The minimum absolute atomic E-state index is 0.194. The highest BCUT2D eigenvalue weighted by Gasteiger charge is 2.18. The van der Waals surface area contributed by atoms with Crippen molar-refractivity contribution in [2.24, 2.45) is 5.73 Å². The Labute approximate surface area is 123 Å². The van der Waals surface area contributed by atoms with Gasteiger partial charge in [-0.1, -0.05) is 12.2 Å². The van der Waals surface area contributed by atoms with Crippen LogP contribution in [0.4, 0.5) is 18.9 Å². The van der Waals surface area contributed by atoms with Gasteiger partial charge in [-0.3, -0.25) is 4.79 Å². The van der Waals surface area contributed by atoms with Crippen molar-refractivity contribution in [1.29, 1.82) is 0 Å². The van der Waals surface area contributed by atoms with Gasteiger partial charge in [0, 0.05) is 11.3 Å². The molecule has 0 radical (unpaired) electrons. The molecule has 0 atom stereocenters. The first-order chi connectivity index (χ1) is 9.90. The number of benzene rings is 2. The van der Waals surface area contributed by atoms with Crippen LogP contribution in [0, 0.1) is 17.5 Å². The molecule has 3 nitrogen and oxygen atoms in total. The van der Waals surface area contributed by atoms with E-state index < -0.39 is 28.9 Å². The summed E-state index contributed by atoms with van der Waals surface area (Å²) in [5.41, 5.74) is 5.77. The largest absolute Gasteiger partial charge is 0.389 e. The lowest BCUT2D eigenvalue weighted by Crippen LogP contribution is -2.15. The molecule has 0 heterocycles. The standard InChI is InChI=1S/C14H9F3N2OS/c15-10-6-5-9(11(16)12(10)17)14(20)19-8-3-1-7(2-4-8)13(18)21/h1-6H,(H2,18,21)(H,19,20). The van der Waals surface area contributed by atoms with E-state index in [4.69, 9.17) is 18.0 Å². The average Bonchev–Trinajstić information content (AvgIpc) is 2.45. The Morgan fingerprint density at radius 2 is 1.62 bits per heavy atom. The Hall–Kier alpha value is -2.41. The summed E-state index contributed by atoms with van der Waals surface area (Å²) in [6.07, 6.45) is 0. The molecule has 0 aliphatic rings. The second-order valence-corrected chi connectivity index (χ2v) is 4.56. The molecule has 0 aliphatic carbocycles. The minimum Gasteiger partial charge on any atom is -0.389 e. The summed E-state index contributed by atoms with van der Waals surface area (Å²) >= 11 is 4.78. The van der Waals surface area contributed by atoms with E-state index in [1.54, 1.807) is 12.1 Å². The number of hydrogen-bond donors (Lipinski definition) is 2. The third-order valence-electron chi connectivity index (χ3n) is 2.71. The zero-order chi connectivity index (χ0) is 15.6. The maximum atomic E-state index is 13.5. The summed E-state index contributed by atoms with van der Waals surface area (Å²) in [4.78, 5) is 12.0. The first-order valence-corrected chi connectivity index (χ1v) is 6.15. The monoisotopic (exact) mass is 310 g/mol. The summed E-state index contributed by atoms with van der Waals surface area (Å²) in [6.45, 7) is 0. The van der Waals surface area contributed by atoms with Crippen molar-refractivity contribution >= 4 is 28.8 Å². The number of halogens is 3. The fourth-order valence-corrected chi connectivity index (χ4v) is 1.75. The van der Waals surface area contributed by atoms with Gasteiger partial charge < -0.3 is 11.1 Å². The summed E-state index contributed by atoms with van der Waals surface area (Å²) in [5, 5.41) is 2.36. The fraction of sp³-hybridized carbons (Fsp3) is 0. The molecule has 0 aliphatic heterocycles. The van der Waals surface area contributed by atoms with Gasteiger partial charge in [0.25, 0.3) is 5.91 Å². The van der Waals surface area contributed by atoms with Gasteiger partial charge in [-0.05, 0) is 36.4 Å². The number of nitrogens with one attached hydrogen (secondary N) is 1. The zero-order valence-electron chi connectivity index (χ0n) is 10.5. The molecule has 3 N–H and O–H groups in total. The second kappa shape index (κ2) is 5.92. The van der Waals surface area contributed by atoms with Crippen LogP contribution in [0.1, 0.15) is 15.9 Å². The molecule has 1 amide bonds. The predicted octanol–water partition coefficient (Wildman–Crippen LogP) is 2.99. The number of carbonyl (C=O) groups excluding carboxylic acids is 1. The Kier molecular flexibility index (Phi) is 4.23. The van der Waals surface area contributed by atoms with Gasteiger partial charge in [0.05, 0.1) is 5.56 Å². The number of hydrogen-bond acceptors (Lipinski definition) is 2. The second-order valence-electron chi connectivity index (χ2n) is 4.12. The normalized spacial score (nSPS) is 10.2. The van der Waals surface area contributed by atoms with Crippen LogP contribution in [0.5, 0.6) is 0 Å². The number of thiocarbonyl (C=S) groups is 1. The van der Waals surface area contributed by atoms with Gasteiger partial charge in [-0.25, -0.2) is 13.2 Å². The van der Waals surface area contributed by atoms with Gasteiger partial charge >= 0.3 is 0 Å². The Bertz CT molecular complexity index is 717. The molecule has 7 heteroatoms. The topological polar surface area (TPSA) is 55.1 Å². The first kappa shape index (κ1) is 15.0. The third kappa shape index (κ3) is 3.19. The molecule has 2 rings (SSSR count). The molecular formula is C14H9F3N2OS. The molecule has 2 aromatic carbocycles. The molecule has 0 aromatic heterocycles. The molecule has 0 saturated heterocycles. The van der Waals surface area contributed by atoms with Crippen LogP contribution in [0.15, 0.2) is 36.4 Å². The SMILES string of the molecule is NC(=S)c1ccc(NC(=O)c2ccc(F)c(F)c2F)cc1. The molecule has 0 fully saturated rings. The van der Waals surface area contributed by atoms with Crippen molar-refractivity contribution in [3.8, 4) is 0 Å². The highest BCUT2D eigenvalue weighted by molar-refractivity contribution is 7.80. The smallest absolute Gasteiger partial charge is 0.258 e. The zero-order valence-corrected chi connectivity index (χ0v) is 11.3. The van der Waals surface area contributed by atoms with Crippen molar-refractivity contribution in [1.82, 2.24) is 0 Å². The highest BCUT2D eigenvalue weighted by atomic mass is 32.1. The molecule has 0 unspecified atom stereocenters. The molecule has 0 bridgehead atoms. The maximum absolute atomic E-state index is 13.5. The Morgan fingerprint density at radius 3 is 2.19 bits per heavy atom. The summed E-state index contributed by atoms with van der Waals surface area (Å²) in [7, 11) is 0. The molecule has 0 spiro atoms. The lowest BCUT2D eigenvalue weighted by molar-refractivity contribution is 0.102. The van der Waals surface area contributed by atoms with Gasteiger partial charge in [0.15, 0.2) is 17.5 Å². The fourth-order valence-electron chi connectivity index (χ4n) is 1.62. The van der Waals surface area contributed by atoms with E-state index in [-0.39, 0.29) is 4.99 Å². The average molecular weight is 310 g/mol. The van der Waals surface area contributed by atoms with Gasteiger partial charge in [-0.2, -0.15) is 0 Å². The Balaban J connectivity index is 2.22. The van der Waals surface area contributed by atoms with E-state index in [0.29, 0.717) is 17.3 Å². The summed E-state index contributed by atoms with van der Waals surface area (Å²) in [6, 6.07) is 7.70. The van der Waals surface area contributed by atoms with Crippen LogP contribution in [0.25, 0.3) is 0 Å². The van der Waals surface area contributed by atoms with Crippen LogP contribution >= 0.6 is 12.2 Å². The van der Waals surface area contributed by atoms with E-state index in [9.17, 15) is 18.0 Å². The molecule has 21 heavy (non-hydrogen) atoms. The molecule has 2 aromatic rings. The third-order valence-corrected chi connectivity index (χ3v) is 2.94. The van der Waals surface area contributed by atoms with Crippen LogP contribution in [-0.2, 0) is 0 Å². The van der Waals surface area contributed by atoms with Crippen LogP contribution < -0.4 is 11.1 Å². The van der Waals surface area contributed by atoms with E-state index in [1.807, 2.05) is 0 Å². The van der Waals surface area contributed by atoms with E-state index in [2.05, 4.69) is 5.32 Å². The molecular weight excluding hydrogens is 301 g/mol. The van der Waals surface area contributed by atoms with Crippen molar-refractivity contribution in [2.45, 2.75) is 0 Å². The van der Waals surface area contributed by atoms with Crippen molar-refractivity contribution < 1.29 is 18.0 Å². The quantitative estimate of drug-likeness (QED) is 0.677. The lowest BCUT2D eigenvalue weighted by atomic mass is 10.1. The highest BCUT2D eigenvalue weighted by Crippen LogP contribution is 2.17. The van der Waals surface area contributed by atoms with Crippen LogP contribution in [0.3, 0.4) is 0 Å². The van der Waals surface area contributed by atoms with E-state index in [1.165, 1.54) is 12.1 Å².